The molecule has 0 saturated heterocycles. The first kappa shape index (κ1) is 32.2. The molecule has 0 radical (unpaired) electrons. The van der Waals surface area contributed by atoms with Crippen LogP contribution in [0.5, 0.6) is 0 Å². The number of anilines is 3. The zero-order valence-electron chi connectivity index (χ0n) is 31.1. The summed E-state index contributed by atoms with van der Waals surface area (Å²) < 4.78 is 0. The molecule has 10 aromatic rings. The van der Waals surface area contributed by atoms with Gasteiger partial charge in [0, 0.05) is 17.1 Å². The predicted molar refractivity (Wildman–Crippen MR) is 239 cm³/mol. The molecule has 0 aromatic heterocycles. The fourth-order valence-corrected chi connectivity index (χ4v) is 8.97. The minimum Gasteiger partial charge on any atom is -0.310 e. The van der Waals surface area contributed by atoms with Gasteiger partial charge in [0.1, 0.15) is 0 Å². The van der Waals surface area contributed by atoms with E-state index in [4.69, 9.17) is 0 Å². The summed E-state index contributed by atoms with van der Waals surface area (Å²) in [5.41, 5.74) is 17.4. The second kappa shape index (κ2) is 13.0. The van der Waals surface area contributed by atoms with Crippen LogP contribution in [0, 0.1) is 6.92 Å². The lowest BCUT2D eigenvalue weighted by Crippen LogP contribution is -2.11. The Morgan fingerprint density at radius 1 is 0.304 bits per heavy atom. The van der Waals surface area contributed by atoms with Crippen LogP contribution >= 0.6 is 0 Å². The molecule has 0 bridgehead atoms. The Labute approximate surface area is 327 Å². The van der Waals surface area contributed by atoms with E-state index in [-0.39, 0.29) is 0 Å². The maximum Gasteiger partial charge on any atom is 0.0496 e. The molecule has 0 amide bonds. The van der Waals surface area contributed by atoms with Gasteiger partial charge in [-0.1, -0.05) is 152 Å². The Morgan fingerprint density at radius 3 is 1.36 bits per heavy atom. The zero-order chi connectivity index (χ0) is 37.2. The van der Waals surface area contributed by atoms with Gasteiger partial charge < -0.3 is 4.90 Å². The molecular weight excluding hydrogens is 675 g/mol. The zero-order valence-corrected chi connectivity index (χ0v) is 31.1. The number of para-hydroxylation sites is 1. The summed E-state index contributed by atoms with van der Waals surface area (Å²) in [6.07, 6.45) is 0. The average molecular weight is 712 g/mol. The molecule has 10 aromatic carbocycles. The van der Waals surface area contributed by atoms with Crippen molar-refractivity contribution in [3.8, 4) is 55.6 Å². The van der Waals surface area contributed by atoms with Gasteiger partial charge in [-0.05, 0) is 155 Å². The number of benzene rings is 10. The lowest BCUT2D eigenvalue weighted by atomic mass is 9.75. The molecule has 0 unspecified atom stereocenters. The molecule has 0 atom stereocenters. The van der Waals surface area contributed by atoms with E-state index in [9.17, 15) is 0 Å². The molecule has 0 fully saturated rings. The van der Waals surface area contributed by atoms with E-state index in [1.807, 2.05) is 0 Å². The van der Waals surface area contributed by atoms with E-state index in [1.54, 1.807) is 0 Å². The van der Waals surface area contributed by atoms with Crippen LogP contribution in [0.15, 0.2) is 206 Å². The van der Waals surface area contributed by atoms with Gasteiger partial charge in [-0.2, -0.15) is 0 Å². The molecule has 56 heavy (non-hydrogen) atoms. The highest BCUT2D eigenvalue weighted by atomic mass is 15.1. The molecule has 11 rings (SSSR count). The van der Waals surface area contributed by atoms with E-state index in [2.05, 4.69) is 218 Å². The van der Waals surface area contributed by atoms with E-state index < -0.39 is 0 Å². The van der Waals surface area contributed by atoms with Crippen molar-refractivity contribution in [1.82, 2.24) is 0 Å². The fraction of sp³-hybridized carbons (Fsp3) is 0.0182. The monoisotopic (exact) mass is 711 g/mol. The second-order valence-corrected chi connectivity index (χ2v) is 14.9. The summed E-state index contributed by atoms with van der Waals surface area (Å²) in [5, 5.41) is 7.61. The summed E-state index contributed by atoms with van der Waals surface area (Å²) in [6, 6.07) is 75.7. The van der Waals surface area contributed by atoms with Crippen LogP contribution in [0.25, 0.3) is 88.0 Å². The number of aryl methyl sites for hydroxylation is 1. The van der Waals surface area contributed by atoms with Crippen molar-refractivity contribution >= 4 is 49.4 Å². The van der Waals surface area contributed by atoms with Crippen LogP contribution in [-0.2, 0) is 0 Å². The standard InChI is InChI=1S/C55H37N/c1-36-26-27-41(37-16-6-2-7-17-37)33-53(36)56(43-22-12-5-13-23-43)44-29-28-40-31-47-48(32-42(40)30-44)50-35-52-51(34-49(47)50)54(38-18-8-3-9-19-38)45-24-14-15-25-46(45)55(52)39-20-10-4-11-21-39/h2-35H,1H3. The maximum absolute atomic E-state index is 2.47. The highest BCUT2D eigenvalue weighted by molar-refractivity contribution is 6.24. The van der Waals surface area contributed by atoms with E-state index >= 15 is 0 Å². The third-order valence-electron chi connectivity index (χ3n) is 11.7. The van der Waals surface area contributed by atoms with Crippen LogP contribution in [0.4, 0.5) is 17.1 Å². The maximum atomic E-state index is 2.47. The van der Waals surface area contributed by atoms with Crippen LogP contribution in [0.1, 0.15) is 5.56 Å². The molecule has 0 aliphatic heterocycles. The Morgan fingerprint density at radius 2 is 0.786 bits per heavy atom. The number of fused-ring (bicyclic) bond motifs is 7. The molecule has 262 valence electrons. The number of hydrogen-bond donors (Lipinski definition) is 0. The van der Waals surface area contributed by atoms with Crippen LogP contribution in [-0.4, -0.2) is 0 Å². The van der Waals surface area contributed by atoms with Crippen molar-refractivity contribution in [2.24, 2.45) is 0 Å². The Kier molecular flexibility index (Phi) is 7.47. The summed E-state index contributed by atoms with van der Waals surface area (Å²) in [6.45, 7) is 2.21. The number of hydrogen-bond acceptors (Lipinski definition) is 1. The highest BCUT2D eigenvalue weighted by Crippen LogP contribution is 2.54. The molecule has 0 saturated carbocycles. The molecule has 0 N–H and O–H groups in total. The average Bonchev–Trinajstić information content (AvgIpc) is 3.26. The third-order valence-corrected chi connectivity index (χ3v) is 11.7. The van der Waals surface area contributed by atoms with Gasteiger partial charge in [-0.25, -0.2) is 0 Å². The normalized spacial score (nSPS) is 11.7. The largest absolute Gasteiger partial charge is 0.310 e. The van der Waals surface area contributed by atoms with Crippen LogP contribution in [0.3, 0.4) is 0 Å². The van der Waals surface area contributed by atoms with Gasteiger partial charge in [-0.15, -0.1) is 0 Å². The molecule has 0 heterocycles. The minimum atomic E-state index is 1.14. The van der Waals surface area contributed by atoms with E-state index in [1.165, 1.54) is 99.2 Å². The number of rotatable bonds is 6. The highest BCUT2D eigenvalue weighted by Gasteiger charge is 2.27. The van der Waals surface area contributed by atoms with Crippen LogP contribution in [0.2, 0.25) is 0 Å². The smallest absolute Gasteiger partial charge is 0.0496 e. The molecule has 1 heteroatoms. The molecule has 0 spiro atoms. The lowest BCUT2D eigenvalue weighted by molar-refractivity contribution is 1.25. The van der Waals surface area contributed by atoms with Crippen LogP contribution < -0.4 is 4.90 Å². The number of nitrogens with zero attached hydrogens (tertiary/aromatic N) is 1. The van der Waals surface area contributed by atoms with Gasteiger partial charge in [-0.3, -0.25) is 0 Å². The first-order chi connectivity index (χ1) is 27.7. The first-order valence-corrected chi connectivity index (χ1v) is 19.4. The van der Waals surface area contributed by atoms with Crippen molar-refractivity contribution in [3.05, 3.63) is 212 Å². The van der Waals surface area contributed by atoms with Crippen molar-refractivity contribution in [3.63, 3.8) is 0 Å². The van der Waals surface area contributed by atoms with Crippen molar-refractivity contribution in [2.45, 2.75) is 6.92 Å². The predicted octanol–water partition coefficient (Wildman–Crippen LogP) is 15.6. The van der Waals surface area contributed by atoms with Crippen molar-refractivity contribution in [1.29, 1.82) is 0 Å². The third kappa shape index (κ3) is 5.16. The molecule has 1 nitrogen and oxygen atoms in total. The summed E-state index contributed by atoms with van der Waals surface area (Å²) >= 11 is 0. The summed E-state index contributed by atoms with van der Waals surface area (Å²) in [5.74, 6) is 0. The minimum absolute atomic E-state index is 1.14. The Hall–Kier alpha value is -7.22. The first-order valence-electron chi connectivity index (χ1n) is 19.4. The van der Waals surface area contributed by atoms with Crippen molar-refractivity contribution < 1.29 is 0 Å². The second-order valence-electron chi connectivity index (χ2n) is 14.9. The topological polar surface area (TPSA) is 3.24 Å². The molecular formula is C55H37N. The van der Waals surface area contributed by atoms with Gasteiger partial charge in [0.15, 0.2) is 0 Å². The molecule has 1 aliphatic rings. The summed E-state index contributed by atoms with van der Waals surface area (Å²) in [4.78, 5) is 2.41. The Bertz CT molecular complexity index is 3110. The molecule has 1 aliphatic carbocycles. The quantitative estimate of drug-likeness (QED) is 0.155. The van der Waals surface area contributed by atoms with Gasteiger partial charge in [0.05, 0.1) is 0 Å². The SMILES string of the molecule is Cc1ccc(-c2ccccc2)cc1N(c1ccccc1)c1ccc2cc3c(cc2c1)-c1cc2c(-c4ccccc4)c4ccccc4c(-c4ccccc4)c2cc1-3. The lowest BCUT2D eigenvalue weighted by Gasteiger charge is -2.29. The van der Waals surface area contributed by atoms with E-state index in [0.29, 0.717) is 0 Å². The van der Waals surface area contributed by atoms with Gasteiger partial charge >= 0.3 is 0 Å². The fourth-order valence-electron chi connectivity index (χ4n) is 8.97. The summed E-state index contributed by atoms with van der Waals surface area (Å²) in [7, 11) is 0. The van der Waals surface area contributed by atoms with Gasteiger partial charge in [0.2, 0.25) is 0 Å². The van der Waals surface area contributed by atoms with E-state index in [0.717, 1.165) is 11.4 Å². The Balaban J connectivity index is 1.10. The van der Waals surface area contributed by atoms with Crippen molar-refractivity contribution in [2.75, 3.05) is 4.90 Å². The van der Waals surface area contributed by atoms with Gasteiger partial charge in [0.25, 0.3) is 0 Å².